The van der Waals surface area contributed by atoms with E-state index in [0.29, 0.717) is 16.0 Å². The van der Waals surface area contributed by atoms with Crippen molar-refractivity contribution in [2.24, 2.45) is 0 Å². The van der Waals surface area contributed by atoms with Gasteiger partial charge in [-0.15, -0.1) is 0 Å². The highest BCUT2D eigenvalue weighted by molar-refractivity contribution is 9.11. The van der Waals surface area contributed by atoms with Crippen LogP contribution in [0.15, 0.2) is 21.1 Å². The number of carbonyl (C=O) groups is 1. The van der Waals surface area contributed by atoms with Crippen molar-refractivity contribution in [1.29, 1.82) is 0 Å². The van der Waals surface area contributed by atoms with Crippen LogP contribution in [0.3, 0.4) is 0 Å². The van der Waals surface area contributed by atoms with Crippen LogP contribution >= 0.6 is 31.9 Å². The molecule has 0 aromatic heterocycles. The van der Waals surface area contributed by atoms with Crippen LogP contribution < -0.4 is 9.47 Å². The lowest BCUT2D eigenvalue weighted by atomic mass is 10.2. The Hall–Kier alpha value is -0.750. The molecule has 0 aliphatic carbocycles. The minimum atomic E-state index is -0.703. The Balaban J connectivity index is 2.83. The molecule has 0 radical (unpaired) electrons. The molecule has 6 heteroatoms. The van der Waals surface area contributed by atoms with Crippen LogP contribution in [0.2, 0.25) is 0 Å². The van der Waals surface area contributed by atoms with Crippen LogP contribution in [-0.2, 0) is 9.53 Å². The van der Waals surface area contributed by atoms with Gasteiger partial charge >= 0.3 is 5.97 Å². The van der Waals surface area contributed by atoms with Gasteiger partial charge in [-0.1, -0.05) is 0 Å². The molecule has 1 aromatic carbocycles. The Morgan fingerprint density at radius 1 is 1.15 bits per heavy atom. The molecule has 1 unspecified atom stereocenters. The molecule has 0 aliphatic rings. The molecule has 1 aromatic rings. The molecular formula is C14H18Br2O4. The van der Waals surface area contributed by atoms with E-state index in [1.165, 1.54) is 0 Å². The van der Waals surface area contributed by atoms with Gasteiger partial charge < -0.3 is 14.2 Å². The topological polar surface area (TPSA) is 44.8 Å². The predicted molar refractivity (Wildman–Crippen MR) is 84.3 cm³/mol. The van der Waals surface area contributed by atoms with Gasteiger partial charge in [0.05, 0.1) is 16.1 Å². The van der Waals surface area contributed by atoms with Crippen LogP contribution in [0.4, 0.5) is 0 Å². The van der Waals surface area contributed by atoms with Gasteiger partial charge in [-0.3, -0.25) is 0 Å². The first kappa shape index (κ1) is 17.3. The summed E-state index contributed by atoms with van der Waals surface area (Å²) >= 11 is 6.76. The summed E-state index contributed by atoms with van der Waals surface area (Å²) in [6, 6.07) is 3.50. The molecule has 0 bridgehead atoms. The molecule has 112 valence electrons. The summed E-state index contributed by atoms with van der Waals surface area (Å²) < 4.78 is 17.5. The maximum Gasteiger partial charge on any atom is 0.347 e. The lowest BCUT2D eigenvalue weighted by molar-refractivity contribution is -0.162. The molecule has 0 N–H and O–H groups in total. The normalized spacial score (nSPS) is 12.8. The highest BCUT2D eigenvalue weighted by Gasteiger charge is 2.24. The van der Waals surface area contributed by atoms with Crippen molar-refractivity contribution in [3.8, 4) is 11.5 Å². The summed E-state index contributed by atoms with van der Waals surface area (Å²) in [5.41, 5.74) is -0.535. The van der Waals surface area contributed by atoms with Crippen molar-refractivity contribution in [3.63, 3.8) is 0 Å². The first-order valence-electron chi connectivity index (χ1n) is 6.06. The number of rotatable bonds is 4. The average Bonchev–Trinajstić information content (AvgIpc) is 2.31. The summed E-state index contributed by atoms with van der Waals surface area (Å²) in [6.45, 7) is 7.10. The van der Waals surface area contributed by atoms with E-state index in [1.54, 1.807) is 26.2 Å². The van der Waals surface area contributed by atoms with Gasteiger partial charge in [-0.2, -0.15) is 0 Å². The molecule has 1 rings (SSSR count). The zero-order valence-electron chi connectivity index (χ0n) is 12.1. The van der Waals surface area contributed by atoms with Crippen molar-refractivity contribution in [2.45, 2.75) is 39.4 Å². The fraction of sp³-hybridized carbons (Fsp3) is 0.500. The Morgan fingerprint density at radius 3 is 2.15 bits per heavy atom. The minimum Gasteiger partial charge on any atom is -0.496 e. The molecule has 0 saturated carbocycles. The van der Waals surface area contributed by atoms with Gasteiger partial charge in [0.1, 0.15) is 17.1 Å². The largest absolute Gasteiger partial charge is 0.496 e. The van der Waals surface area contributed by atoms with E-state index in [9.17, 15) is 4.79 Å². The summed E-state index contributed by atoms with van der Waals surface area (Å²) in [4.78, 5) is 11.9. The van der Waals surface area contributed by atoms with Crippen molar-refractivity contribution >= 4 is 37.8 Å². The average molecular weight is 410 g/mol. The van der Waals surface area contributed by atoms with E-state index in [1.807, 2.05) is 20.8 Å². The van der Waals surface area contributed by atoms with Crippen LogP contribution in [0.25, 0.3) is 0 Å². The molecule has 0 fully saturated rings. The number of methoxy groups -OCH3 is 1. The van der Waals surface area contributed by atoms with Gasteiger partial charge in [0, 0.05) is 0 Å². The van der Waals surface area contributed by atoms with Gasteiger partial charge in [0.15, 0.2) is 6.10 Å². The van der Waals surface area contributed by atoms with E-state index in [4.69, 9.17) is 14.2 Å². The third-order valence-corrected chi connectivity index (χ3v) is 3.49. The van der Waals surface area contributed by atoms with E-state index >= 15 is 0 Å². The van der Waals surface area contributed by atoms with Crippen molar-refractivity contribution in [2.75, 3.05) is 7.11 Å². The highest BCUT2D eigenvalue weighted by Crippen LogP contribution is 2.36. The SMILES string of the molecule is COc1cc(Br)c(OC(C)C(=O)OC(C)(C)C)cc1Br. The summed E-state index contributed by atoms with van der Waals surface area (Å²) in [7, 11) is 1.58. The zero-order valence-corrected chi connectivity index (χ0v) is 15.3. The quantitative estimate of drug-likeness (QED) is 0.694. The molecule has 0 saturated heterocycles. The molecular weight excluding hydrogens is 392 g/mol. The first-order chi connectivity index (χ1) is 9.14. The van der Waals surface area contributed by atoms with Gasteiger partial charge in [0.2, 0.25) is 0 Å². The van der Waals surface area contributed by atoms with E-state index in [-0.39, 0.29) is 0 Å². The smallest absolute Gasteiger partial charge is 0.347 e. The summed E-state index contributed by atoms with van der Waals surface area (Å²) in [5, 5.41) is 0. The second-order valence-electron chi connectivity index (χ2n) is 5.21. The molecule has 20 heavy (non-hydrogen) atoms. The lowest BCUT2D eigenvalue weighted by Gasteiger charge is -2.23. The first-order valence-corrected chi connectivity index (χ1v) is 7.65. The minimum absolute atomic E-state index is 0.406. The third-order valence-electron chi connectivity index (χ3n) is 2.25. The Bertz CT molecular complexity index is 495. The van der Waals surface area contributed by atoms with E-state index in [2.05, 4.69) is 31.9 Å². The van der Waals surface area contributed by atoms with E-state index < -0.39 is 17.7 Å². The summed E-state index contributed by atoms with van der Waals surface area (Å²) in [5.74, 6) is 0.807. The van der Waals surface area contributed by atoms with Crippen LogP contribution in [0.1, 0.15) is 27.7 Å². The van der Waals surface area contributed by atoms with Gasteiger partial charge in [0.25, 0.3) is 0 Å². The second kappa shape index (κ2) is 6.80. The molecule has 0 heterocycles. The summed E-state index contributed by atoms with van der Waals surface area (Å²) in [6.07, 6.45) is -0.703. The number of hydrogen-bond acceptors (Lipinski definition) is 4. The Labute approximate surface area is 136 Å². The number of benzene rings is 1. The van der Waals surface area contributed by atoms with Crippen molar-refractivity contribution in [1.82, 2.24) is 0 Å². The molecule has 0 amide bonds. The zero-order chi connectivity index (χ0) is 15.5. The van der Waals surface area contributed by atoms with Crippen LogP contribution in [-0.4, -0.2) is 24.8 Å². The fourth-order valence-corrected chi connectivity index (χ4v) is 2.28. The maximum absolute atomic E-state index is 11.9. The fourth-order valence-electron chi connectivity index (χ4n) is 1.38. The van der Waals surface area contributed by atoms with E-state index in [0.717, 1.165) is 4.47 Å². The second-order valence-corrected chi connectivity index (χ2v) is 6.92. The molecule has 0 spiro atoms. The maximum atomic E-state index is 11.9. The number of halogens is 2. The Kier molecular flexibility index (Phi) is 5.89. The number of hydrogen-bond donors (Lipinski definition) is 0. The van der Waals surface area contributed by atoms with Crippen LogP contribution in [0.5, 0.6) is 11.5 Å². The monoisotopic (exact) mass is 408 g/mol. The number of esters is 1. The van der Waals surface area contributed by atoms with Gasteiger partial charge in [-0.05, 0) is 71.7 Å². The highest BCUT2D eigenvalue weighted by atomic mass is 79.9. The lowest BCUT2D eigenvalue weighted by Crippen LogP contribution is -2.33. The predicted octanol–water partition coefficient (Wildman–Crippen LogP) is 4.33. The Morgan fingerprint density at radius 2 is 1.65 bits per heavy atom. The van der Waals surface area contributed by atoms with Gasteiger partial charge in [-0.25, -0.2) is 4.79 Å². The van der Waals surface area contributed by atoms with Crippen molar-refractivity contribution < 1.29 is 19.0 Å². The molecule has 1 atom stereocenters. The van der Waals surface area contributed by atoms with Crippen molar-refractivity contribution in [3.05, 3.63) is 21.1 Å². The molecule has 4 nitrogen and oxygen atoms in total. The standard InChI is InChI=1S/C14H18Br2O4/c1-8(13(17)20-14(2,3)4)19-12-7-9(15)11(18-5)6-10(12)16/h6-8H,1-5H3. The van der Waals surface area contributed by atoms with Crippen LogP contribution in [0, 0.1) is 0 Å². The number of carbonyl (C=O) groups excluding carboxylic acids is 1. The molecule has 0 aliphatic heterocycles. The third kappa shape index (κ3) is 4.98. The number of ether oxygens (including phenoxy) is 3.